The van der Waals surface area contributed by atoms with Crippen molar-refractivity contribution in [3.05, 3.63) is 12.4 Å². The molecule has 1 unspecified atom stereocenters. The van der Waals surface area contributed by atoms with E-state index in [0.29, 0.717) is 6.04 Å². The highest BCUT2D eigenvalue weighted by molar-refractivity contribution is 5.26. The first-order valence-electron chi connectivity index (χ1n) is 6.91. The van der Waals surface area contributed by atoms with Crippen molar-refractivity contribution in [3.63, 3.8) is 0 Å². The van der Waals surface area contributed by atoms with Gasteiger partial charge in [-0.1, -0.05) is 33.6 Å². The van der Waals surface area contributed by atoms with Gasteiger partial charge in [-0.25, -0.2) is 4.98 Å². The van der Waals surface area contributed by atoms with Gasteiger partial charge >= 0.3 is 0 Å². The minimum atomic E-state index is 0.538. The van der Waals surface area contributed by atoms with E-state index in [9.17, 15) is 0 Å². The van der Waals surface area contributed by atoms with Crippen molar-refractivity contribution in [2.24, 2.45) is 5.92 Å². The zero-order valence-corrected chi connectivity index (χ0v) is 11.7. The SMILES string of the molecule is CCCNc1nccn1C(C)CCCC(C)C. The summed E-state index contributed by atoms with van der Waals surface area (Å²) in [6.45, 7) is 10.0. The second-order valence-electron chi connectivity index (χ2n) is 5.26. The molecule has 1 rings (SSSR count). The van der Waals surface area contributed by atoms with Crippen molar-refractivity contribution in [1.29, 1.82) is 0 Å². The smallest absolute Gasteiger partial charge is 0.203 e. The van der Waals surface area contributed by atoms with Gasteiger partial charge in [-0.15, -0.1) is 0 Å². The van der Waals surface area contributed by atoms with Crippen LogP contribution in [0.2, 0.25) is 0 Å². The van der Waals surface area contributed by atoms with Crippen molar-refractivity contribution in [1.82, 2.24) is 9.55 Å². The molecule has 0 aliphatic rings. The third-order valence-electron chi connectivity index (χ3n) is 3.08. The highest BCUT2D eigenvalue weighted by Crippen LogP contribution is 2.20. The van der Waals surface area contributed by atoms with E-state index in [1.54, 1.807) is 0 Å². The molecule has 3 nitrogen and oxygen atoms in total. The second kappa shape index (κ2) is 7.36. The molecule has 1 N–H and O–H groups in total. The molecule has 0 saturated heterocycles. The number of aromatic nitrogens is 2. The zero-order valence-electron chi connectivity index (χ0n) is 11.7. The Balaban J connectivity index is 2.44. The molecule has 0 aliphatic heterocycles. The summed E-state index contributed by atoms with van der Waals surface area (Å²) >= 11 is 0. The largest absolute Gasteiger partial charge is 0.356 e. The van der Waals surface area contributed by atoms with Crippen LogP contribution in [0.1, 0.15) is 59.4 Å². The van der Waals surface area contributed by atoms with Gasteiger partial charge in [0.2, 0.25) is 5.95 Å². The fourth-order valence-corrected chi connectivity index (χ4v) is 2.00. The Morgan fingerprint density at radius 1 is 1.29 bits per heavy atom. The highest BCUT2D eigenvalue weighted by atomic mass is 15.2. The molecule has 3 heteroatoms. The predicted molar refractivity (Wildman–Crippen MR) is 74.4 cm³/mol. The molecule has 1 aromatic heterocycles. The van der Waals surface area contributed by atoms with E-state index in [2.05, 4.69) is 48.8 Å². The van der Waals surface area contributed by atoms with E-state index < -0.39 is 0 Å². The lowest BCUT2D eigenvalue weighted by Gasteiger charge is -2.17. The fourth-order valence-electron chi connectivity index (χ4n) is 2.00. The number of nitrogens with zero attached hydrogens (tertiary/aromatic N) is 2. The molecule has 1 aromatic rings. The van der Waals surface area contributed by atoms with Gasteiger partial charge in [0, 0.05) is 25.0 Å². The Morgan fingerprint density at radius 3 is 2.71 bits per heavy atom. The standard InChI is InChI=1S/C14H27N3/c1-5-9-15-14-16-10-11-17(14)13(4)8-6-7-12(2)3/h10-13H,5-9H2,1-4H3,(H,15,16). The second-order valence-corrected chi connectivity index (χ2v) is 5.26. The molecule has 1 atom stereocenters. The Hall–Kier alpha value is -0.990. The van der Waals surface area contributed by atoms with Gasteiger partial charge in [-0.3, -0.25) is 0 Å². The summed E-state index contributed by atoms with van der Waals surface area (Å²) in [5.41, 5.74) is 0. The zero-order chi connectivity index (χ0) is 12.7. The minimum absolute atomic E-state index is 0.538. The van der Waals surface area contributed by atoms with Gasteiger partial charge in [-0.2, -0.15) is 0 Å². The molecule has 0 aromatic carbocycles. The molecule has 0 bridgehead atoms. The Bertz CT molecular complexity index is 304. The van der Waals surface area contributed by atoms with Crippen LogP contribution in [0.25, 0.3) is 0 Å². The predicted octanol–water partition coefficient (Wildman–Crippen LogP) is 4.09. The molecule has 0 aliphatic carbocycles. The maximum Gasteiger partial charge on any atom is 0.203 e. The summed E-state index contributed by atoms with van der Waals surface area (Å²) in [5, 5.41) is 3.37. The Kier molecular flexibility index (Phi) is 6.09. The van der Waals surface area contributed by atoms with Crippen molar-refractivity contribution in [3.8, 4) is 0 Å². The van der Waals surface area contributed by atoms with Gasteiger partial charge in [0.15, 0.2) is 0 Å². The number of imidazole rings is 1. The maximum atomic E-state index is 4.37. The number of anilines is 1. The van der Waals surface area contributed by atoms with E-state index in [1.165, 1.54) is 19.3 Å². The summed E-state index contributed by atoms with van der Waals surface area (Å²) in [6.07, 6.45) is 8.94. The first-order valence-corrected chi connectivity index (χ1v) is 6.91. The van der Waals surface area contributed by atoms with Gasteiger partial charge in [0.05, 0.1) is 0 Å². The molecular formula is C14H27N3. The van der Waals surface area contributed by atoms with Crippen molar-refractivity contribution in [2.75, 3.05) is 11.9 Å². The summed E-state index contributed by atoms with van der Waals surface area (Å²) in [6, 6.07) is 0.538. The summed E-state index contributed by atoms with van der Waals surface area (Å²) in [4.78, 5) is 4.37. The van der Waals surface area contributed by atoms with Crippen LogP contribution in [0.5, 0.6) is 0 Å². The summed E-state index contributed by atoms with van der Waals surface area (Å²) < 4.78 is 2.26. The third kappa shape index (κ3) is 4.80. The Labute approximate surface area is 106 Å². The topological polar surface area (TPSA) is 29.9 Å². The van der Waals surface area contributed by atoms with E-state index in [4.69, 9.17) is 0 Å². The van der Waals surface area contributed by atoms with Crippen molar-refractivity contribution in [2.45, 2.75) is 59.4 Å². The lowest BCUT2D eigenvalue weighted by molar-refractivity contribution is 0.449. The van der Waals surface area contributed by atoms with Gasteiger partial charge in [-0.05, 0) is 25.7 Å². The van der Waals surface area contributed by atoms with E-state index in [0.717, 1.165) is 24.8 Å². The normalized spacial score (nSPS) is 13.0. The number of hydrogen-bond acceptors (Lipinski definition) is 2. The fraction of sp³-hybridized carbons (Fsp3) is 0.786. The van der Waals surface area contributed by atoms with Crippen LogP contribution < -0.4 is 5.32 Å². The lowest BCUT2D eigenvalue weighted by Crippen LogP contribution is -2.11. The van der Waals surface area contributed by atoms with E-state index in [-0.39, 0.29) is 0 Å². The average Bonchev–Trinajstić information content (AvgIpc) is 2.73. The number of nitrogens with one attached hydrogen (secondary N) is 1. The Morgan fingerprint density at radius 2 is 2.06 bits per heavy atom. The quantitative estimate of drug-likeness (QED) is 0.738. The molecule has 1 heterocycles. The lowest BCUT2D eigenvalue weighted by atomic mass is 10.0. The minimum Gasteiger partial charge on any atom is -0.356 e. The molecule has 0 saturated carbocycles. The average molecular weight is 237 g/mol. The van der Waals surface area contributed by atoms with Gasteiger partial charge in [0.25, 0.3) is 0 Å². The van der Waals surface area contributed by atoms with Crippen LogP contribution in [0.3, 0.4) is 0 Å². The first-order chi connectivity index (χ1) is 8.15. The first kappa shape index (κ1) is 14.1. The van der Waals surface area contributed by atoms with Crippen molar-refractivity contribution >= 4 is 5.95 Å². The van der Waals surface area contributed by atoms with Crippen LogP contribution in [-0.2, 0) is 0 Å². The molecule has 98 valence electrons. The van der Waals surface area contributed by atoms with Gasteiger partial charge in [0.1, 0.15) is 0 Å². The van der Waals surface area contributed by atoms with E-state index >= 15 is 0 Å². The monoisotopic (exact) mass is 237 g/mol. The molecule has 0 fully saturated rings. The number of hydrogen-bond donors (Lipinski definition) is 1. The third-order valence-corrected chi connectivity index (χ3v) is 3.08. The highest BCUT2D eigenvalue weighted by Gasteiger charge is 2.09. The van der Waals surface area contributed by atoms with Crippen LogP contribution in [0.4, 0.5) is 5.95 Å². The molecule has 0 radical (unpaired) electrons. The van der Waals surface area contributed by atoms with Crippen LogP contribution >= 0.6 is 0 Å². The molecule has 17 heavy (non-hydrogen) atoms. The van der Waals surface area contributed by atoms with Gasteiger partial charge < -0.3 is 9.88 Å². The van der Waals surface area contributed by atoms with Crippen LogP contribution in [-0.4, -0.2) is 16.1 Å². The molecular weight excluding hydrogens is 210 g/mol. The van der Waals surface area contributed by atoms with E-state index in [1.807, 2.05) is 6.20 Å². The summed E-state index contributed by atoms with van der Waals surface area (Å²) in [7, 11) is 0. The van der Waals surface area contributed by atoms with Crippen LogP contribution in [0.15, 0.2) is 12.4 Å². The number of rotatable bonds is 8. The molecule has 0 amide bonds. The maximum absolute atomic E-state index is 4.37. The van der Waals surface area contributed by atoms with Crippen molar-refractivity contribution < 1.29 is 0 Å². The van der Waals surface area contributed by atoms with Crippen LogP contribution in [0, 0.1) is 5.92 Å². The molecule has 0 spiro atoms. The summed E-state index contributed by atoms with van der Waals surface area (Å²) in [5.74, 6) is 1.83.